The normalized spacial score (nSPS) is 23.7. The van der Waals surface area contributed by atoms with E-state index < -0.39 is 86.8 Å². The third-order valence-electron chi connectivity index (χ3n) is 17.6. The van der Waals surface area contributed by atoms with Gasteiger partial charge in [0.15, 0.2) is 12.6 Å². The van der Waals surface area contributed by atoms with Crippen LogP contribution in [0.3, 0.4) is 0 Å². The second-order valence-electron chi connectivity index (χ2n) is 25.4. The van der Waals surface area contributed by atoms with Gasteiger partial charge in [-0.15, -0.1) is 0 Å². The van der Waals surface area contributed by atoms with Crippen molar-refractivity contribution in [1.82, 2.24) is 5.32 Å². The Kier molecular flexibility index (Phi) is 51.9. The monoisotopic (exact) mass is 1200 g/mol. The maximum Gasteiger partial charge on any atom is 0.220 e. The van der Waals surface area contributed by atoms with Crippen LogP contribution >= 0.6 is 0 Å². The summed E-state index contributed by atoms with van der Waals surface area (Å²) in [4.78, 5) is 13.3. The number of allylic oxidation sites excluding steroid dienone is 3. The van der Waals surface area contributed by atoms with Gasteiger partial charge in [0.2, 0.25) is 5.91 Å². The first kappa shape index (κ1) is 78.6. The van der Waals surface area contributed by atoms with Gasteiger partial charge in [-0.2, -0.15) is 0 Å². The lowest BCUT2D eigenvalue weighted by atomic mass is 9.97. The van der Waals surface area contributed by atoms with E-state index in [9.17, 15) is 45.6 Å². The zero-order valence-corrected chi connectivity index (χ0v) is 53.9. The van der Waals surface area contributed by atoms with Gasteiger partial charge in [-0.05, 0) is 44.9 Å². The van der Waals surface area contributed by atoms with Gasteiger partial charge >= 0.3 is 0 Å². The predicted molar refractivity (Wildman–Crippen MR) is 342 cm³/mol. The minimum absolute atomic E-state index is 0.239. The van der Waals surface area contributed by atoms with Crippen molar-refractivity contribution in [1.29, 1.82) is 0 Å². The van der Waals surface area contributed by atoms with Crippen LogP contribution in [0.2, 0.25) is 0 Å². The van der Waals surface area contributed by atoms with Gasteiger partial charge in [0.25, 0.3) is 0 Å². The summed E-state index contributed by atoms with van der Waals surface area (Å²) in [5, 5.41) is 87.4. The number of nitrogens with one attached hydrogen (secondary N) is 1. The number of aliphatic hydroxyl groups is 8. The largest absolute Gasteiger partial charge is 0.394 e. The summed E-state index contributed by atoms with van der Waals surface area (Å²) in [6, 6.07) is -0.916. The fourth-order valence-electron chi connectivity index (χ4n) is 11.9. The molecule has 0 radical (unpaired) electrons. The van der Waals surface area contributed by atoms with E-state index in [1.54, 1.807) is 6.08 Å². The van der Waals surface area contributed by atoms with Crippen molar-refractivity contribution in [3.8, 4) is 0 Å². The number of amides is 1. The highest BCUT2D eigenvalue weighted by atomic mass is 16.7. The molecule has 0 aromatic carbocycles. The molecule has 9 N–H and O–H groups in total. The Bertz CT molecular complexity index is 1500. The van der Waals surface area contributed by atoms with Crippen molar-refractivity contribution < 1.29 is 64.6 Å². The van der Waals surface area contributed by atoms with Crippen molar-refractivity contribution in [2.75, 3.05) is 19.8 Å². The molecule has 12 atom stereocenters. The molecule has 0 bridgehead atoms. The van der Waals surface area contributed by atoms with Crippen molar-refractivity contribution in [3.63, 3.8) is 0 Å². The van der Waals surface area contributed by atoms with Gasteiger partial charge in [-0.1, -0.05) is 295 Å². The van der Waals surface area contributed by atoms with E-state index in [-0.39, 0.29) is 18.9 Å². The molecule has 2 heterocycles. The summed E-state index contributed by atoms with van der Waals surface area (Å²) in [5.41, 5.74) is 0. The Balaban J connectivity index is 1.65. The number of hydrogen-bond donors (Lipinski definition) is 9. The van der Waals surface area contributed by atoms with Crippen LogP contribution in [0.25, 0.3) is 0 Å². The number of ether oxygens (including phenoxy) is 4. The van der Waals surface area contributed by atoms with E-state index in [1.165, 1.54) is 250 Å². The third kappa shape index (κ3) is 39.5. The van der Waals surface area contributed by atoms with Crippen molar-refractivity contribution in [2.45, 2.75) is 396 Å². The van der Waals surface area contributed by atoms with E-state index >= 15 is 0 Å². The number of hydrogen-bond acceptors (Lipinski definition) is 13. The highest BCUT2D eigenvalue weighted by molar-refractivity contribution is 5.76. The lowest BCUT2D eigenvalue weighted by Crippen LogP contribution is -2.65. The summed E-state index contributed by atoms with van der Waals surface area (Å²) in [7, 11) is 0. The van der Waals surface area contributed by atoms with Crippen LogP contribution in [-0.2, 0) is 23.7 Å². The van der Waals surface area contributed by atoms with Gasteiger partial charge in [-0.25, -0.2) is 0 Å². The third-order valence-corrected chi connectivity index (χ3v) is 17.6. The maximum absolute atomic E-state index is 13.3. The van der Waals surface area contributed by atoms with Gasteiger partial charge < -0.3 is 65.1 Å². The number of unbranched alkanes of at least 4 members (excludes halogenated alkanes) is 44. The zero-order chi connectivity index (χ0) is 60.9. The number of aliphatic hydroxyl groups excluding tert-OH is 8. The molecular formula is C70H133NO13. The Morgan fingerprint density at radius 1 is 0.417 bits per heavy atom. The van der Waals surface area contributed by atoms with Crippen LogP contribution in [0.5, 0.6) is 0 Å². The molecule has 12 unspecified atom stereocenters. The smallest absolute Gasteiger partial charge is 0.220 e. The average molecular weight is 1200 g/mol. The van der Waals surface area contributed by atoms with E-state index in [2.05, 4.69) is 31.3 Å². The van der Waals surface area contributed by atoms with Crippen molar-refractivity contribution >= 4 is 5.91 Å². The fourth-order valence-corrected chi connectivity index (χ4v) is 11.9. The van der Waals surface area contributed by atoms with Crippen LogP contribution in [0.15, 0.2) is 24.3 Å². The standard InChI is InChI=1S/C70H133NO13/c1-3-5-7-9-11-13-15-17-19-21-23-24-25-26-27-28-29-30-31-32-33-34-35-36-37-39-41-43-45-47-49-51-53-59(74)58(71-62(75)54-52-50-48-46-44-42-40-38-22-20-18-16-14-12-10-8-6-4-2)57-81-69-67(80)65(78)68(61(56-73)83-69)84-70-66(79)64(77)63(76)60(55-72)82-70/h20,22,51,53,58-61,63-70,72-74,76-80H,3-19,21,23-50,52,54-57H2,1-2H3,(H,71,75)/b22-20-,53-51+. The summed E-state index contributed by atoms with van der Waals surface area (Å²) in [6.45, 7) is 2.84. The van der Waals surface area contributed by atoms with Gasteiger partial charge in [-0.3, -0.25) is 4.79 Å². The van der Waals surface area contributed by atoms with E-state index in [1.807, 2.05) is 6.08 Å². The Hall–Kier alpha value is -1.53. The fraction of sp³-hybridized carbons (Fsp3) is 0.929. The second-order valence-corrected chi connectivity index (χ2v) is 25.4. The molecule has 84 heavy (non-hydrogen) atoms. The van der Waals surface area contributed by atoms with Crippen LogP contribution in [-0.4, -0.2) is 140 Å². The second kappa shape index (κ2) is 55.5. The van der Waals surface area contributed by atoms with E-state index in [0.717, 1.165) is 44.9 Å². The lowest BCUT2D eigenvalue weighted by molar-refractivity contribution is -0.359. The Morgan fingerprint density at radius 2 is 0.750 bits per heavy atom. The lowest BCUT2D eigenvalue weighted by Gasteiger charge is -2.46. The molecule has 2 fully saturated rings. The summed E-state index contributed by atoms with van der Waals surface area (Å²) >= 11 is 0. The molecular weight excluding hydrogens is 1060 g/mol. The number of carbonyl (C=O) groups excluding carboxylic acids is 1. The highest BCUT2D eigenvalue weighted by Crippen LogP contribution is 2.30. The van der Waals surface area contributed by atoms with Crippen molar-refractivity contribution in [2.24, 2.45) is 0 Å². The molecule has 1 amide bonds. The summed E-state index contributed by atoms with van der Waals surface area (Å²) < 4.78 is 22.9. The molecule has 2 aliphatic heterocycles. The number of carbonyl (C=O) groups is 1. The first-order chi connectivity index (χ1) is 41.1. The Morgan fingerprint density at radius 3 is 1.13 bits per heavy atom. The molecule has 0 aromatic rings. The molecule has 2 saturated heterocycles. The van der Waals surface area contributed by atoms with Crippen LogP contribution in [0, 0.1) is 0 Å². The van der Waals surface area contributed by atoms with Gasteiger partial charge in [0.1, 0.15) is 48.8 Å². The molecule has 0 aliphatic carbocycles. The van der Waals surface area contributed by atoms with Crippen LogP contribution in [0.4, 0.5) is 0 Å². The van der Waals surface area contributed by atoms with E-state index in [0.29, 0.717) is 6.42 Å². The maximum atomic E-state index is 13.3. The topological polar surface area (TPSA) is 228 Å². The van der Waals surface area contributed by atoms with Gasteiger partial charge in [0.05, 0.1) is 32.0 Å². The molecule has 14 nitrogen and oxygen atoms in total. The molecule has 2 rings (SSSR count). The van der Waals surface area contributed by atoms with Gasteiger partial charge in [0, 0.05) is 6.42 Å². The van der Waals surface area contributed by atoms with Crippen molar-refractivity contribution in [3.05, 3.63) is 24.3 Å². The Labute approximate surface area is 513 Å². The van der Waals surface area contributed by atoms with E-state index in [4.69, 9.17) is 18.9 Å². The average Bonchev–Trinajstić information content (AvgIpc) is 3.16. The molecule has 2 aliphatic rings. The molecule has 496 valence electrons. The van der Waals surface area contributed by atoms with Crippen LogP contribution in [0.1, 0.15) is 322 Å². The molecule has 0 aromatic heterocycles. The summed E-state index contributed by atoms with van der Waals surface area (Å²) in [6.07, 6.45) is 52.4. The predicted octanol–water partition coefficient (Wildman–Crippen LogP) is 14.3. The SMILES string of the molecule is CCCCCCCCC/C=C\CCCCCCCCCC(=O)NC(COC1OC(CO)C(OC2OC(CO)C(O)C(O)C2O)C(O)C1O)C(O)/C=C/CCCCCCCCCCCCCCCCCCCCCCCCCCCCCCCC. The quantitative estimate of drug-likeness (QED) is 0.0204. The minimum Gasteiger partial charge on any atom is -0.394 e. The molecule has 0 saturated carbocycles. The number of rotatable bonds is 59. The van der Waals surface area contributed by atoms with Crippen LogP contribution < -0.4 is 5.32 Å². The zero-order valence-electron chi connectivity index (χ0n) is 53.9. The molecule has 14 heteroatoms. The first-order valence-electron chi connectivity index (χ1n) is 35.6. The first-order valence-corrected chi connectivity index (χ1v) is 35.6. The summed E-state index contributed by atoms with van der Waals surface area (Å²) in [5.74, 6) is -0.239. The minimum atomic E-state index is -1.79. The highest BCUT2D eigenvalue weighted by Gasteiger charge is 2.51. The molecule has 0 spiro atoms.